The number of nitrogens with two attached hydrogens (primary N) is 3. The second-order valence-corrected chi connectivity index (χ2v) is 8.99. The van der Waals surface area contributed by atoms with Gasteiger partial charge in [-0.1, -0.05) is 27.2 Å². The highest BCUT2D eigenvalue weighted by Gasteiger charge is 2.38. The highest BCUT2D eigenvalue weighted by molar-refractivity contribution is 5.83. The third kappa shape index (κ3) is 6.89. The first-order valence-electron chi connectivity index (χ1n) is 11.6. The summed E-state index contributed by atoms with van der Waals surface area (Å²) < 4.78 is 5.35. The molecule has 0 bridgehead atoms. The fourth-order valence-electron chi connectivity index (χ4n) is 4.58. The molecule has 0 radical (unpaired) electrons. The Balaban J connectivity index is 2.92. The van der Waals surface area contributed by atoms with Crippen molar-refractivity contribution in [3.05, 3.63) is 0 Å². The Morgan fingerprint density at radius 2 is 1.81 bits per heavy atom. The highest BCUT2D eigenvalue weighted by Crippen LogP contribution is 2.26. The summed E-state index contributed by atoms with van der Waals surface area (Å²) in [5.41, 5.74) is 18.9. The van der Waals surface area contributed by atoms with Gasteiger partial charge in [0.15, 0.2) is 5.90 Å². The number of carbonyl (C=O) groups excluding carboxylic acids is 1. The summed E-state index contributed by atoms with van der Waals surface area (Å²) >= 11 is 0. The van der Waals surface area contributed by atoms with Crippen molar-refractivity contribution in [2.24, 2.45) is 29.0 Å². The van der Waals surface area contributed by atoms with Crippen LogP contribution in [-0.4, -0.2) is 77.8 Å². The molecule has 8 N–H and O–H groups in total. The van der Waals surface area contributed by atoms with Crippen molar-refractivity contribution >= 4 is 17.6 Å². The second kappa shape index (κ2) is 12.4. The Labute approximate surface area is 188 Å². The lowest BCUT2D eigenvalue weighted by molar-refractivity contribution is -0.134. The van der Waals surface area contributed by atoms with Gasteiger partial charge in [0.2, 0.25) is 5.91 Å². The molecule has 0 aromatic heterocycles. The van der Waals surface area contributed by atoms with Crippen LogP contribution < -0.4 is 17.2 Å². The fourth-order valence-corrected chi connectivity index (χ4v) is 4.58. The van der Waals surface area contributed by atoms with Crippen LogP contribution >= 0.6 is 0 Å². The van der Waals surface area contributed by atoms with E-state index in [0.29, 0.717) is 18.9 Å². The molecule has 0 spiro atoms. The van der Waals surface area contributed by atoms with E-state index in [9.17, 15) is 4.79 Å². The zero-order chi connectivity index (χ0) is 23.9. The molecule has 7 atom stereocenters. The summed E-state index contributed by atoms with van der Waals surface area (Å²) in [6.07, 6.45) is 3.05. The van der Waals surface area contributed by atoms with Gasteiger partial charge >= 0.3 is 0 Å². The molecule has 1 amide bonds. The summed E-state index contributed by atoms with van der Waals surface area (Å²) in [6.45, 7) is 10.8. The zero-order valence-electron chi connectivity index (χ0n) is 20.2. The van der Waals surface area contributed by atoms with Gasteiger partial charge in [0.1, 0.15) is 0 Å². The molecule has 1 rings (SSSR count). The molecule has 9 nitrogen and oxygen atoms in total. The lowest BCUT2D eigenvalue weighted by atomic mass is 9.89. The number of carbonyl (C=O) groups is 1. The summed E-state index contributed by atoms with van der Waals surface area (Å²) in [6, 6.07) is -1.51. The maximum Gasteiger partial charge on any atom is 0.239 e. The molecule has 1 aliphatic rings. The number of likely N-dealkylation sites (tertiary alicyclic amines) is 1. The SMILES string of the molecule is CCOC(=N)C(C)C(N)C1CCCN1C(=N)CC(N)C(C(C)CC)N(C)C(=O)C(C)N. The van der Waals surface area contributed by atoms with E-state index >= 15 is 0 Å². The van der Waals surface area contributed by atoms with Crippen LogP contribution in [0.1, 0.15) is 60.3 Å². The molecule has 1 saturated heterocycles. The Hall–Kier alpha value is -1.71. The molecule has 0 aromatic rings. The van der Waals surface area contributed by atoms with E-state index in [1.807, 2.05) is 18.7 Å². The molecule has 0 saturated carbocycles. The highest BCUT2D eigenvalue weighted by atomic mass is 16.5. The monoisotopic (exact) mass is 439 g/mol. The first kappa shape index (κ1) is 27.3. The summed E-state index contributed by atoms with van der Waals surface area (Å²) in [5, 5.41) is 16.9. The van der Waals surface area contributed by atoms with Crippen molar-refractivity contribution in [1.82, 2.24) is 9.80 Å². The van der Waals surface area contributed by atoms with Crippen molar-refractivity contribution in [3.8, 4) is 0 Å². The normalized spacial score (nSPS) is 22.2. The maximum atomic E-state index is 12.5. The molecule has 180 valence electrons. The van der Waals surface area contributed by atoms with Crippen molar-refractivity contribution < 1.29 is 9.53 Å². The zero-order valence-corrected chi connectivity index (χ0v) is 20.2. The minimum Gasteiger partial charge on any atom is -0.481 e. The van der Waals surface area contributed by atoms with Gasteiger partial charge in [0.05, 0.1) is 18.5 Å². The molecule has 1 heterocycles. The number of amides is 1. The average molecular weight is 440 g/mol. The number of rotatable bonds is 11. The second-order valence-electron chi connectivity index (χ2n) is 8.99. The van der Waals surface area contributed by atoms with Gasteiger partial charge in [-0.05, 0) is 32.6 Å². The number of amidine groups is 1. The van der Waals surface area contributed by atoms with E-state index in [-0.39, 0.29) is 47.8 Å². The molecular formula is C22H45N7O2. The maximum absolute atomic E-state index is 12.5. The van der Waals surface area contributed by atoms with E-state index in [1.54, 1.807) is 18.9 Å². The van der Waals surface area contributed by atoms with Gasteiger partial charge in [0, 0.05) is 50.1 Å². The lowest BCUT2D eigenvalue weighted by Gasteiger charge is -2.39. The molecule has 0 aromatic carbocycles. The lowest BCUT2D eigenvalue weighted by Crippen LogP contribution is -2.57. The molecule has 1 aliphatic heterocycles. The Kier molecular flexibility index (Phi) is 10.9. The third-order valence-corrected chi connectivity index (χ3v) is 6.66. The van der Waals surface area contributed by atoms with E-state index in [2.05, 4.69) is 13.8 Å². The molecule has 0 aliphatic carbocycles. The van der Waals surface area contributed by atoms with Gasteiger partial charge in [-0.25, -0.2) is 0 Å². The average Bonchev–Trinajstić information content (AvgIpc) is 3.21. The van der Waals surface area contributed by atoms with Gasteiger partial charge in [0.25, 0.3) is 0 Å². The van der Waals surface area contributed by atoms with Gasteiger partial charge < -0.3 is 31.7 Å². The summed E-state index contributed by atoms with van der Waals surface area (Å²) in [7, 11) is 1.75. The quantitative estimate of drug-likeness (QED) is 0.241. The van der Waals surface area contributed by atoms with Crippen molar-refractivity contribution in [2.75, 3.05) is 20.2 Å². The molecule has 31 heavy (non-hydrogen) atoms. The predicted molar refractivity (Wildman–Crippen MR) is 126 cm³/mol. The Bertz CT molecular complexity index is 613. The molecular weight excluding hydrogens is 394 g/mol. The van der Waals surface area contributed by atoms with Gasteiger partial charge in [-0.15, -0.1) is 0 Å². The van der Waals surface area contributed by atoms with Crippen LogP contribution in [0, 0.1) is 22.7 Å². The van der Waals surface area contributed by atoms with Crippen LogP contribution in [0.4, 0.5) is 0 Å². The minimum atomic E-state index is -0.591. The number of likely N-dealkylation sites (N-methyl/N-ethyl adjacent to an activating group) is 1. The summed E-state index contributed by atoms with van der Waals surface area (Å²) in [4.78, 5) is 16.2. The van der Waals surface area contributed by atoms with Gasteiger partial charge in [-0.3, -0.25) is 15.6 Å². The Morgan fingerprint density at radius 1 is 1.19 bits per heavy atom. The van der Waals surface area contributed by atoms with Crippen LogP contribution in [0.2, 0.25) is 0 Å². The number of nitrogens with one attached hydrogen (secondary N) is 2. The van der Waals surface area contributed by atoms with Crippen molar-refractivity contribution in [1.29, 1.82) is 10.8 Å². The van der Waals surface area contributed by atoms with E-state index in [1.165, 1.54) is 0 Å². The van der Waals surface area contributed by atoms with Crippen molar-refractivity contribution in [2.45, 2.75) is 90.5 Å². The van der Waals surface area contributed by atoms with Crippen LogP contribution in [-0.2, 0) is 9.53 Å². The van der Waals surface area contributed by atoms with E-state index < -0.39 is 6.04 Å². The largest absolute Gasteiger partial charge is 0.481 e. The van der Waals surface area contributed by atoms with E-state index in [4.69, 9.17) is 32.8 Å². The number of hydrogen-bond donors (Lipinski definition) is 5. The van der Waals surface area contributed by atoms with E-state index in [0.717, 1.165) is 25.8 Å². The number of ether oxygens (including phenoxy) is 1. The van der Waals surface area contributed by atoms with Crippen LogP contribution in [0.5, 0.6) is 0 Å². The van der Waals surface area contributed by atoms with Crippen molar-refractivity contribution in [3.63, 3.8) is 0 Å². The fraction of sp³-hybridized carbons (Fsp3) is 0.864. The van der Waals surface area contributed by atoms with Gasteiger partial charge in [-0.2, -0.15) is 0 Å². The number of nitrogens with zero attached hydrogens (tertiary/aromatic N) is 2. The Morgan fingerprint density at radius 3 is 2.32 bits per heavy atom. The molecule has 1 fully saturated rings. The first-order chi connectivity index (χ1) is 14.5. The summed E-state index contributed by atoms with van der Waals surface area (Å²) in [5.74, 6) is 0.443. The molecule has 7 unspecified atom stereocenters. The first-order valence-corrected chi connectivity index (χ1v) is 11.6. The minimum absolute atomic E-state index is 0.0269. The third-order valence-electron chi connectivity index (χ3n) is 6.66. The predicted octanol–water partition coefficient (Wildman–Crippen LogP) is 1.34. The van der Waals surface area contributed by atoms with Crippen LogP contribution in [0.3, 0.4) is 0 Å². The topological polar surface area (TPSA) is 159 Å². The number of hydrogen-bond acceptors (Lipinski definition) is 7. The van der Waals surface area contributed by atoms with Crippen LogP contribution in [0.15, 0.2) is 0 Å². The molecule has 9 heteroatoms. The standard InChI is InChI=1S/C22H45N7O2/c1-7-13(3)20(28(6)22(30)15(5)23)16(24)12-18(25)29-11-9-10-17(29)19(26)14(4)21(27)31-8-2/h13-17,19-20,25,27H,7-12,23-24,26H2,1-6H3. The van der Waals surface area contributed by atoms with Crippen LogP contribution in [0.25, 0.3) is 0 Å². The smallest absolute Gasteiger partial charge is 0.239 e.